The maximum atomic E-state index is 8.96. The summed E-state index contributed by atoms with van der Waals surface area (Å²) in [5.74, 6) is 1.66. The summed E-state index contributed by atoms with van der Waals surface area (Å²) in [5.41, 5.74) is 4.31. The first-order chi connectivity index (χ1) is 14.4. The Bertz CT molecular complexity index is 996. The molecule has 6 heteroatoms. The van der Waals surface area contributed by atoms with Crippen LogP contribution in [0.4, 0.5) is 0 Å². The van der Waals surface area contributed by atoms with Crippen molar-refractivity contribution < 1.29 is 4.74 Å². The number of nitrogens with zero attached hydrogens (tertiary/aromatic N) is 4. The van der Waals surface area contributed by atoms with Gasteiger partial charge in [0.2, 0.25) is 0 Å². The summed E-state index contributed by atoms with van der Waals surface area (Å²) in [4.78, 5) is 0. The molecule has 0 fully saturated rings. The SMILES string of the molecule is COCCCn1c(SCc2ccc(C#N)cc2)nnc1-c1ccc(C(C)(C)C)cc1. The van der Waals surface area contributed by atoms with E-state index < -0.39 is 0 Å². The molecule has 0 radical (unpaired) electrons. The molecule has 3 aromatic rings. The van der Waals surface area contributed by atoms with Crippen LogP contribution in [0, 0.1) is 11.3 Å². The third-order valence-electron chi connectivity index (χ3n) is 4.91. The number of hydrogen-bond acceptors (Lipinski definition) is 5. The van der Waals surface area contributed by atoms with Crippen LogP contribution in [0.5, 0.6) is 0 Å². The lowest BCUT2D eigenvalue weighted by molar-refractivity contribution is 0.189. The number of aromatic nitrogens is 3. The van der Waals surface area contributed by atoms with Crippen molar-refractivity contribution >= 4 is 11.8 Å². The van der Waals surface area contributed by atoms with E-state index >= 15 is 0 Å². The van der Waals surface area contributed by atoms with Crippen LogP contribution in [0.1, 0.15) is 43.9 Å². The van der Waals surface area contributed by atoms with Gasteiger partial charge < -0.3 is 9.30 Å². The number of thioether (sulfide) groups is 1. The maximum Gasteiger partial charge on any atom is 0.191 e. The van der Waals surface area contributed by atoms with E-state index in [1.807, 2.05) is 24.3 Å². The normalized spacial score (nSPS) is 11.4. The Kier molecular flexibility index (Phi) is 7.30. The quantitative estimate of drug-likeness (QED) is 0.358. The largest absolute Gasteiger partial charge is 0.385 e. The molecule has 0 aliphatic rings. The third-order valence-corrected chi connectivity index (χ3v) is 5.95. The van der Waals surface area contributed by atoms with Gasteiger partial charge in [0.1, 0.15) is 0 Å². The van der Waals surface area contributed by atoms with Gasteiger partial charge in [-0.3, -0.25) is 0 Å². The third kappa shape index (κ3) is 5.50. The van der Waals surface area contributed by atoms with Gasteiger partial charge in [-0.05, 0) is 35.1 Å². The summed E-state index contributed by atoms with van der Waals surface area (Å²) >= 11 is 1.66. The van der Waals surface area contributed by atoms with E-state index in [1.165, 1.54) is 5.56 Å². The Labute approximate surface area is 183 Å². The van der Waals surface area contributed by atoms with Gasteiger partial charge >= 0.3 is 0 Å². The minimum Gasteiger partial charge on any atom is -0.385 e. The van der Waals surface area contributed by atoms with E-state index in [0.717, 1.165) is 40.8 Å². The minimum atomic E-state index is 0.118. The van der Waals surface area contributed by atoms with Crippen molar-refractivity contribution in [3.8, 4) is 17.5 Å². The van der Waals surface area contributed by atoms with Crippen LogP contribution in [-0.2, 0) is 22.4 Å². The molecule has 5 nitrogen and oxygen atoms in total. The average molecular weight is 421 g/mol. The van der Waals surface area contributed by atoms with Crippen molar-refractivity contribution in [3.63, 3.8) is 0 Å². The van der Waals surface area contributed by atoms with Crippen LogP contribution in [-0.4, -0.2) is 28.5 Å². The molecule has 0 bridgehead atoms. The summed E-state index contributed by atoms with van der Waals surface area (Å²) in [5, 5.41) is 18.8. The highest BCUT2D eigenvalue weighted by Gasteiger charge is 2.17. The van der Waals surface area contributed by atoms with E-state index in [4.69, 9.17) is 10.00 Å². The Hall–Kier alpha value is -2.62. The van der Waals surface area contributed by atoms with E-state index in [1.54, 1.807) is 18.9 Å². The number of nitriles is 1. The molecule has 1 aromatic heterocycles. The van der Waals surface area contributed by atoms with Gasteiger partial charge in [0, 0.05) is 31.6 Å². The van der Waals surface area contributed by atoms with Crippen molar-refractivity contribution in [2.24, 2.45) is 0 Å². The monoisotopic (exact) mass is 420 g/mol. The van der Waals surface area contributed by atoms with Crippen LogP contribution in [0.3, 0.4) is 0 Å². The van der Waals surface area contributed by atoms with Gasteiger partial charge in [0.05, 0.1) is 11.6 Å². The molecule has 0 atom stereocenters. The molecule has 0 spiro atoms. The number of methoxy groups -OCH3 is 1. The first-order valence-electron chi connectivity index (χ1n) is 10.1. The van der Waals surface area contributed by atoms with Gasteiger partial charge in [0.25, 0.3) is 0 Å². The van der Waals surface area contributed by atoms with Crippen molar-refractivity contribution in [1.29, 1.82) is 5.26 Å². The Morgan fingerprint density at radius 1 is 1.03 bits per heavy atom. The Balaban J connectivity index is 1.82. The second-order valence-electron chi connectivity index (χ2n) is 8.23. The van der Waals surface area contributed by atoms with E-state index in [2.05, 4.69) is 65.9 Å². The molecule has 0 aliphatic heterocycles. The van der Waals surface area contributed by atoms with Gasteiger partial charge in [0.15, 0.2) is 11.0 Å². The highest BCUT2D eigenvalue weighted by atomic mass is 32.2. The zero-order valence-electron chi connectivity index (χ0n) is 18.1. The topological polar surface area (TPSA) is 63.7 Å². The van der Waals surface area contributed by atoms with Crippen molar-refractivity contribution in [2.45, 2.75) is 50.1 Å². The molecule has 0 unspecified atom stereocenters. The Morgan fingerprint density at radius 2 is 1.73 bits per heavy atom. The maximum absolute atomic E-state index is 8.96. The first-order valence-corrected chi connectivity index (χ1v) is 11.1. The lowest BCUT2D eigenvalue weighted by atomic mass is 9.87. The van der Waals surface area contributed by atoms with Crippen molar-refractivity contribution in [2.75, 3.05) is 13.7 Å². The molecule has 0 aliphatic carbocycles. The molecule has 2 aromatic carbocycles. The van der Waals surface area contributed by atoms with Crippen LogP contribution < -0.4 is 0 Å². The molecule has 0 amide bonds. The van der Waals surface area contributed by atoms with E-state index in [-0.39, 0.29) is 5.41 Å². The molecule has 156 valence electrons. The summed E-state index contributed by atoms with van der Waals surface area (Å²) in [6, 6.07) is 18.4. The second kappa shape index (κ2) is 9.92. The fraction of sp³-hybridized carbons (Fsp3) is 0.375. The molecular weight excluding hydrogens is 392 g/mol. The van der Waals surface area contributed by atoms with Crippen molar-refractivity contribution in [1.82, 2.24) is 14.8 Å². The minimum absolute atomic E-state index is 0.118. The second-order valence-corrected chi connectivity index (χ2v) is 9.17. The van der Waals surface area contributed by atoms with Gasteiger partial charge in [-0.2, -0.15) is 5.26 Å². The van der Waals surface area contributed by atoms with E-state index in [0.29, 0.717) is 12.2 Å². The number of hydrogen-bond donors (Lipinski definition) is 0. The summed E-state index contributed by atoms with van der Waals surface area (Å²) in [7, 11) is 1.72. The fourth-order valence-electron chi connectivity index (χ4n) is 3.12. The standard InChI is InChI=1S/C24H28N4OS/c1-24(2,3)21-12-10-20(11-13-21)22-26-27-23(28(22)14-5-15-29-4)30-17-19-8-6-18(16-25)7-9-19/h6-13H,5,14-15,17H2,1-4H3. The van der Waals surface area contributed by atoms with Crippen LogP contribution in [0.15, 0.2) is 53.7 Å². The highest BCUT2D eigenvalue weighted by Crippen LogP contribution is 2.29. The smallest absolute Gasteiger partial charge is 0.191 e. The summed E-state index contributed by atoms with van der Waals surface area (Å²) in [6.07, 6.45) is 0.895. The predicted octanol–water partition coefficient (Wildman–Crippen LogP) is 5.44. The molecule has 0 saturated heterocycles. The molecule has 0 saturated carbocycles. The molecule has 0 N–H and O–H groups in total. The molecule has 30 heavy (non-hydrogen) atoms. The van der Waals surface area contributed by atoms with Gasteiger partial charge in [-0.25, -0.2) is 0 Å². The van der Waals surface area contributed by atoms with Crippen LogP contribution in [0.25, 0.3) is 11.4 Å². The van der Waals surface area contributed by atoms with E-state index in [9.17, 15) is 0 Å². The average Bonchev–Trinajstić information content (AvgIpc) is 3.15. The fourth-order valence-corrected chi connectivity index (χ4v) is 4.04. The lowest BCUT2D eigenvalue weighted by Crippen LogP contribution is -2.10. The van der Waals surface area contributed by atoms with Gasteiger partial charge in [-0.15, -0.1) is 10.2 Å². The zero-order valence-corrected chi connectivity index (χ0v) is 18.9. The highest BCUT2D eigenvalue weighted by molar-refractivity contribution is 7.98. The lowest BCUT2D eigenvalue weighted by Gasteiger charge is -2.19. The summed E-state index contributed by atoms with van der Waals surface area (Å²) < 4.78 is 7.42. The number of benzene rings is 2. The Morgan fingerprint density at radius 3 is 2.33 bits per heavy atom. The van der Waals surface area contributed by atoms with Gasteiger partial charge in [-0.1, -0.05) is 68.9 Å². The predicted molar refractivity (Wildman–Crippen MR) is 121 cm³/mol. The number of ether oxygens (including phenoxy) is 1. The molecule has 1 heterocycles. The van der Waals surface area contributed by atoms with Crippen LogP contribution >= 0.6 is 11.8 Å². The van der Waals surface area contributed by atoms with Crippen molar-refractivity contribution in [3.05, 3.63) is 65.2 Å². The number of rotatable bonds is 8. The summed E-state index contributed by atoms with van der Waals surface area (Å²) in [6.45, 7) is 8.14. The van der Waals surface area contributed by atoms with Crippen LogP contribution in [0.2, 0.25) is 0 Å². The molecule has 3 rings (SSSR count). The first kappa shape index (κ1) is 22.1. The molecular formula is C24H28N4OS. The zero-order chi connectivity index (χ0) is 21.6.